The molecule has 11 heteroatoms. The Morgan fingerprint density at radius 2 is 1.67 bits per heavy atom. The van der Waals surface area contributed by atoms with Crippen molar-refractivity contribution in [2.45, 2.75) is 11.8 Å². The van der Waals surface area contributed by atoms with Crippen molar-refractivity contribution in [1.29, 1.82) is 0 Å². The lowest BCUT2D eigenvalue weighted by Gasteiger charge is -2.22. The Hall–Kier alpha value is -2.40. The Balaban J connectivity index is 0.00000385. The minimum absolute atomic E-state index is 0. The van der Waals surface area contributed by atoms with Crippen molar-refractivity contribution in [3.8, 4) is 11.5 Å². The third-order valence-electron chi connectivity index (χ3n) is 4.57. The fourth-order valence-corrected chi connectivity index (χ4v) is 4.91. The highest BCUT2D eigenvalue weighted by Gasteiger charge is 2.23. The number of para-hydroxylation sites is 1. The highest BCUT2D eigenvalue weighted by atomic mass is 35.5. The zero-order valence-electron chi connectivity index (χ0n) is 19.0. The van der Waals surface area contributed by atoms with Crippen molar-refractivity contribution in [3.05, 3.63) is 42.5 Å². The lowest BCUT2D eigenvalue weighted by molar-refractivity contribution is -0.120. The lowest BCUT2D eigenvalue weighted by atomic mass is 10.3. The van der Waals surface area contributed by atoms with Gasteiger partial charge in [0.25, 0.3) is 5.91 Å². The van der Waals surface area contributed by atoms with E-state index in [4.69, 9.17) is 9.47 Å². The van der Waals surface area contributed by atoms with Crippen LogP contribution >= 0.6 is 23.7 Å². The Labute approximate surface area is 204 Å². The summed E-state index contributed by atoms with van der Waals surface area (Å²) in [7, 11) is 0.387. The lowest BCUT2D eigenvalue weighted by Crippen LogP contribution is -2.39. The number of hydrogen-bond acceptors (Lipinski definition) is 8. The van der Waals surface area contributed by atoms with Gasteiger partial charge in [0, 0.05) is 19.3 Å². The number of thiazole rings is 1. The summed E-state index contributed by atoms with van der Waals surface area (Å²) in [5.74, 6) is 1.02. The van der Waals surface area contributed by atoms with Gasteiger partial charge in [0.15, 0.2) is 21.6 Å². The molecule has 0 bridgehead atoms. The zero-order chi connectivity index (χ0) is 23.3. The first-order valence-electron chi connectivity index (χ1n) is 10.1. The molecular formula is C22H28ClN3O5S2. The van der Waals surface area contributed by atoms with E-state index in [0.29, 0.717) is 40.8 Å². The molecule has 0 saturated heterocycles. The van der Waals surface area contributed by atoms with E-state index < -0.39 is 9.84 Å². The van der Waals surface area contributed by atoms with Crippen molar-refractivity contribution in [1.82, 2.24) is 9.88 Å². The number of fused-ring (bicyclic) bond motifs is 1. The van der Waals surface area contributed by atoms with Crippen LogP contribution in [0.5, 0.6) is 11.5 Å². The van der Waals surface area contributed by atoms with Gasteiger partial charge in [-0.25, -0.2) is 13.4 Å². The monoisotopic (exact) mass is 513 g/mol. The van der Waals surface area contributed by atoms with Gasteiger partial charge in [-0.15, -0.1) is 12.4 Å². The van der Waals surface area contributed by atoms with Gasteiger partial charge in [-0.05, 0) is 57.4 Å². The van der Waals surface area contributed by atoms with Gasteiger partial charge >= 0.3 is 0 Å². The summed E-state index contributed by atoms with van der Waals surface area (Å²) >= 11 is 1.28. The maximum absolute atomic E-state index is 13.1. The zero-order valence-corrected chi connectivity index (χ0v) is 21.4. The number of benzene rings is 2. The number of halogens is 1. The number of aromatic nitrogens is 1. The van der Waals surface area contributed by atoms with Crippen molar-refractivity contribution >= 4 is 54.8 Å². The Kier molecular flexibility index (Phi) is 9.47. The summed E-state index contributed by atoms with van der Waals surface area (Å²) in [5, 5.41) is 0.443. The molecular weight excluding hydrogens is 486 g/mol. The van der Waals surface area contributed by atoms with Gasteiger partial charge < -0.3 is 14.4 Å². The van der Waals surface area contributed by atoms with Crippen LogP contribution in [0.4, 0.5) is 5.13 Å². The van der Waals surface area contributed by atoms with Gasteiger partial charge in [-0.2, -0.15) is 0 Å². The average molecular weight is 514 g/mol. The first kappa shape index (κ1) is 26.8. The highest BCUT2D eigenvalue weighted by molar-refractivity contribution is 7.91. The molecule has 0 spiro atoms. The average Bonchev–Trinajstić information content (AvgIpc) is 3.16. The van der Waals surface area contributed by atoms with Crippen LogP contribution in [0.25, 0.3) is 10.2 Å². The van der Waals surface area contributed by atoms with Gasteiger partial charge in [-0.3, -0.25) is 9.69 Å². The molecule has 180 valence electrons. The summed E-state index contributed by atoms with van der Waals surface area (Å²) in [5.41, 5.74) is 0.380. The second kappa shape index (κ2) is 11.6. The normalized spacial score (nSPS) is 11.3. The number of carbonyl (C=O) groups excluding carboxylic acids is 1. The Bertz CT molecular complexity index is 1180. The van der Waals surface area contributed by atoms with E-state index >= 15 is 0 Å². The molecule has 0 atom stereocenters. The topological polar surface area (TPSA) is 89.0 Å². The van der Waals surface area contributed by atoms with Gasteiger partial charge in [-0.1, -0.05) is 17.4 Å². The van der Waals surface area contributed by atoms with Gasteiger partial charge in [0.2, 0.25) is 0 Å². The molecule has 1 aromatic heterocycles. The second-order valence-corrected chi connectivity index (χ2v) is 10.4. The number of nitrogens with zero attached hydrogens (tertiary/aromatic N) is 3. The number of amides is 1. The summed E-state index contributed by atoms with van der Waals surface area (Å²) in [6, 6.07) is 12.1. The van der Waals surface area contributed by atoms with Crippen molar-refractivity contribution in [2.24, 2.45) is 0 Å². The molecule has 0 saturated carbocycles. The summed E-state index contributed by atoms with van der Waals surface area (Å²) in [6.07, 6.45) is 1.15. The molecule has 0 aliphatic carbocycles. The molecule has 33 heavy (non-hydrogen) atoms. The van der Waals surface area contributed by atoms with Crippen LogP contribution in [-0.4, -0.2) is 70.9 Å². The smallest absolute Gasteiger partial charge is 0.266 e. The Morgan fingerprint density at radius 1 is 1.03 bits per heavy atom. The van der Waals surface area contributed by atoms with Crippen LogP contribution in [0, 0.1) is 0 Å². The number of anilines is 1. The first-order chi connectivity index (χ1) is 15.2. The van der Waals surface area contributed by atoms with Gasteiger partial charge in [0.1, 0.15) is 17.0 Å². The SMILES string of the molecule is CCOc1ccc(OCC(=O)N(CCN(C)C)c2nc3c(S(C)(=O)=O)cccc3s2)cc1.Cl. The van der Waals surface area contributed by atoms with Crippen molar-refractivity contribution < 1.29 is 22.7 Å². The molecule has 0 unspecified atom stereocenters. The van der Waals surface area contributed by atoms with E-state index in [0.717, 1.165) is 12.0 Å². The molecule has 0 radical (unpaired) electrons. The molecule has 1 amide bonds. The molecule has 3 aromatic rings. The number of ether oxygens (including phenoxy) is 2. The number of likely N-dealkylation sites (N-methyl/N-ethyl adjacent to an activating group) is 1. The molecule has 1 heterocycles. The van der Waals surface area contributed by atoms with E-state index in [1.54, 1.807) is 41.3 Å². The van der Waals surface area contributed by atoms with Crippen LogP contribution in [0.1, 0.15) is 6.92 Å². The molecule has 0 N–H and O–H groups in total. The van der Waals surface area contributed by atoms with E-state index in [2.05, 4.69) is 4.98 Å². The van der Waals surface area contributed by atoms with Gasteiger partial charge in [0.05, 0.1) is 16.2 Å². The summed E-state index contributed by atoms with van der Waals surface area (Å²) in [6.45, 7) is 3.32. The predicted octanol–water partition coefficient (Wildman–Crippen LogP) is 3.49. The summed E-state index contributed by atoms with van der Waals surface area (Å²) < 4.78 is 36.1. The van der Waals surface area contributed by atoms with Crippen LogP contribution in [0.15, 0.2) is 47.4 Å². The van der Waals surface area contributed by atoms with Crippen molar-refractivity contribution in [3.63, 3.8) is 0 Å². The van der Waals surface area contributed by atoms with E-state index in [1.807, 2.05) is 25.9 Å². The third kappa shape index (κ3) is 7.04. The molecule has 0 aliphatic rings. The number of rotatable bonds is 10. The molecule has 0 fully saturated rings. The van der Waals surface area contributed by atoms with Crippen LogP contribution in [0.2, 0.25) is 0 Å². The third-order valence-corrected chi connectivity index (χ3v) is 6.74. The largest absolute Gasteiger partial charge is 0.494 e. The summed E-state index contributed by atoms with van der Waals surface area (Å²) in [4.78, 5) is 21.2. The standard InChI is InChI=1S/C22H27N3O5S2.ClH/c1-5-29-16-9-11-17(12-10-16)30-15-20(26)25(14-13-24(2)3)22-23-21-18(31-22)7-6-8-19(21)32(4,27)28;/h6-12H,5,13-15H2,1-4H3;1H. The van der Waals surface area contributed by atoms with Crippen LogP contribution < -0.4 is 14.4 Å². The fraction of sp³-hybridized carbons (Fsp3) is 0.364. The van der Waals surface area contributed by atoms with E-state index in [9.17, 15) is 13.2 Å². The molecule has 3 rings (SSSR count). The maximum atomic E-state index is 13.1. The maximum Gasteiger partial charge on any atom is 0.266 e. The quantitative estimate of drug-likeness (QED) is 0.410. The van der Waals surface area contributed by atoms with E-state index in [-0.39, 0.29) is 29.8 Å². The van der Waals surface area contributed by atoms with Crippen LogP contribution in [0.3, 0.4) is 0 Å². The van der Waals surface area contributed by atoms with Crippen LogP contribution in [-0.2, 0) is 14.6 Å². The highest BCUT2D eigenvalue weighted by Crippen LogP contribution is 2.32. The molecule has 8 nitrogen and oxygen atoms in total. The number of carbonyl (C=O) groups is 1. The molecule has 0 aliphatic heterocycles. The number of hydrogen-bond donors (Lipinski definition) is 0. The predicted molar refractivity (Wildman–Crippen MR) is 134 cm³/mol. The number of sulfone groups is 1. The van der Waals surface area contributed by atoms with Crippen molar-refractivity contribution in [2.75, 3.05) is 51.6 Å². The fourth-order valence-electron chi connectivity index (χ4n) is 2.97. The van der Waals surface area contributed by atoms with E-state index in [1.165, 1.54) is 17.4 Å². The second-order valence-electron chi connectivity index (χ2n) is 7.41. The minimum Gasteiger partial charge on any atom is -0.494 e. The molecule has 2 aromatic carbocycles. The minimum atomic E-state index is -3.44. The first-order valence-corrected chi connectivity index (χ1v) is 12.8. The Morgan fingerprint density at radius 3 is 2.24 bits per heavy atom.